The summed E-state index contributed by atoms with van der Waals surface area (Å²) in [6.45, 7) is 0. The highest BCUT2D eigenvalue weighted by atomic mass is 32.2. The van der Waals surface area contributed by atoms with Gasteiger partial charge in [0.1, 0.15) is 16.2 Å². The number of hydrogen-bond acceptors (Lipinski definition) is 6. The number of aromatic nitrogens is 4. The molecule has 1 N–H and O–H groups in total. The first kappa shape index (κ1) is 22.0. The molecule has 9 heteroatoms. The Bertz CT molecular complexity index is 1080. The summed E-state index contributed by atoms with van der Waals surface area (Å²) < 4.78 is 2.50. The number of fused-ring (bicyclic) bond motifs is 1. The van der Waals surface area contributed by atoms with Gasteiger partial charge in [0.05, 0.1) is 5.75 Å². The number of hydrogen-bond donors (Lipinski definition) is 1. The Morgan fingerprint density at radius 1 is 0.968 bits per heavy atom. The van der Waals surface area contributed by atoms with Gasteiger partial charge in [0, 0.05) is 26.1 Å². The number of carbonyl (C=O) groups is 1. The lowest BCUT2D eigenvalue weighted by Crippen LogP contribution is -2.38. The molecule has 168 valence electrons. The van der Waals surface area contributed by atoms with E-state index in [0.29, 0.717) is 21.9 Å². The monoisotopic (exact) mass is 445 g/mol. The summed E-state index contributed by atoms with van der Waals surface area (Å²) in [6, 6.07) is 0.246. The fourth-order valence-corrected chi connectivity index (χ4v) is 5.58. The van der Waals surface area contributed by atoms with Crippen molar-refractivity contribution in [1.82, 2.24) is 24.4 Å². The van der Waals surface area contributed by atoms with Crippen LogP contribution in [0.5, 0.6) is 0 Å². The predicted molar refractivity (Wildman–Crippen MR) is 122 cm³/mol. The van der Waals surface area contributed by atoms with Crippen LogP contribution in [0.2, 0.25) is 0 Å². The number of amides is 1. The molecule has 2 aliphatic rings. The first-order chi connectivity index (χ1) is 15.0. The van der Waals surface area contributed by atoms with Gasteiger partial charge in [-0.1, -0.05) is 50.3 Å². The number of nitrogens with one attached hydrogen (secondary N) is 1. The minimum absolute atomic E-state index is 0.0375. The number of thioether (sulfide) groups is 1. The van der Waals surface area contributed by atoms with Crippen LogP contribution in [0.4, 0.5) is 0 Å². The summed E-state index contributed by atoms with van der Waals surface area (Å²) in [5, 5.41) is 3.94. The van der Waals surface area contributed by atoms with Gasteiger partial charge in [-0.15, -0.1) is 0 Å². The summed E-state index contributed by atoms with van der Waals surface area (Å²) in [5.41, 5.74) is -0.459. The first-order valence-electron chi connectivity index (χ1n) is 11.4. The van der Waals surface area contributed by atoms with Crippen molar-refractivity contribution in [3.63, 3.8) is 0 Å². The molecular weight excluding hydrogens is 414 g/mol. The minimum atomic E-state index is -0.413. The molecule has 2 saturated carbocycles. The van der Waals surface area contributed by atoms with Gasteiger partial charge >= 0.3 is 5.69 Å². The maximum atomic E-state index is 12.9. The van der Waals surface area contributed by atoms with Gasteiger partial charge in [-0.25, -0.2) is 14.8 Å². The van der Waals surface area contributed by atoms with E-state index in [4.69, 9.17) is 4.98 Å². The predicted octanol–water partition coefficient (Wildman–Crippen LogP) is 2.62. The van der Waals surface area contributed by atoms with E-state index in [1.807, 2.05) is 0 Å². The van der Waals surface area contributed by atoms with Crippen molar-refractivity contribution in [1.29, 1.82) is 0 Å². The Hall–Kier alpha value is -2.16. The molecule has 0 radical (unpaired) electrons. The van der Waals surface area contributed by atoms with Crippen molar-refractivity contribution in [3.05, 3.63) is 26.7 Å². The summed E-state index contributed by atoms with van der Waals surface area (Å²) in [5.74, 6) is 1.07. The van der Waals surface area contributed by atoms with Crippen molar-refractivity contribution < 1.29 is 4.79 Å². The van der Waals surface area contributed by atoms with Crippen LogP contribution in [0.1, 0.15) is 76.0 Å². The molecule has 2 fully saturated rings. The number of nitrogens with zero attached hydrogens (tertiary/aromatic N) is 4. The standard InChI is InChI=1S/C22H31N5O3S/c1-26-19-17(21(29)27(2)22(26)30)20(25-18(24-19)14-9-5-3-6-10-14)31-13-16(28)23-15-11-7-4-8-12-15/h14-15H,3-13H2,1-2H3,(H,23,28). The summed E-state index contributed by atoms with van der Waals surface area (Å²) >= 11 is 1.27. The summed E-state index contributed by atoms with van der Waals surface area (Å²) in [4.78, 5) is 47.4. The zero-order chi connectivity index (χ0) is 22.0. The molecule has 2 aromatic rings. The Morgan fingerprint density at radius 3 is 2.29 bits per heavy atom. The lowest BCUT2D eigenvalue weighted by atomic mass is 9.89. The number of carbonyl (C=O) groups excluding carboxylic acids is 1. The smallest absolute Gasteiger partial charge is 0.332 e. The SMILES string of the molecule is Cn1c(=O)c2c(SCC(=O)NC3CCCCC3)nc(C3CCCCC3)nc2n(C)c1=O. The van der Waals surface area contributed by atoms with Crippen LogP contribution in [-0.2, 0) is 18.9 Å². The van der Waals surface area contributed by atoms with Crippen LogP contribution >= 0.6 is 11.8 Å². The normalized spacial score (nSPS) is 18.4. The lowest BCUT2D eigenvalue weighted by Gasteiger charge is -2.23. The molecule has 0 aromatic carbocycles. The Kier molecular flexibility index (Phi) is 6.79. The molecule has 0 spiro atoms. The van der Waals surface area contributed by atoms with Crippen molar-refractivity contribution in [2.24, 2.45) is 14.1 Å². The second kappa shape index (κ2) is 9.54. The van der Waals surface area contributed by atoms with Crippen LogP contribution in [0.15, 0.2) is 14.6 Å². The summed E-state index contributed by atoms with van der Waals surface area (Å²) in [6.07, 6.45) is 11.1. The zero-order valence-corrected chi connectivity index (χ0v) is 19.2. The first-order valence-corrected chi connectivity index (χ1v) is 12.3. The van der Waals surface area contributed by atoms with E-state index in [-0.39, 0.29) is 23.6 Å². The van der Waals surface area contributed by atoms with Crippen LogP contribution in [0.3, 0.4) is 0 Å². The van der Waals surface area contributed by atoms with E-state index < -0.39 is 11.2 Å². The summed E-state index contributed by atoms with van der Waals surface area (Å²) in [7, 11) is 3.09. The maximum Gasteiger partial charge on any atom is 0.332 e. The van der Waals surface area contributed by atoms with Crippen LogP contribution in [-0.4, -0.2) is 36.8 Å². The third-order valence-corrected chi connectivity index (χ3v) is 7.54. The van der Waals surface area contributed by atoms with Crippen molar-refractivity contribution in [2.45, 2.75) is 81.2 Å². The Balaban J connectivity index is 1.67. The topological polar surface area (TPSA) is 98.9 Å². The molecule has 0 aliphatic heterocycles. The third-order valence-electron chi connectivity index (χ3n) is 6.56. The Labute approximate surface area is 185 Å². The molecule has 31 heavy (non-hydrogen) atoms. The fourth-order valence-electron chi connectivity index (χ4n) is 4.74. The average Bonchev–Trinajstić information content (AvgIpc) is 2.80. The molecule has 2 aliphatic carbocycles. The van der Waals surface area contributed by atoms with E-state index in [9.17, 15) is 14.4 Å². The van der Waals surface area contributed by atoms with Gasteiger partial charge in [-0.05, 0) is 25.7 Å². The molecule has 2 aromatic heterocycles. The average molecular weight is 446 g/mol. The lowest BCUT2D eigenvalue weighted by molar-refractivity contribution is -0.119. The van der Waals surface area contributed by atoms with Crippen LogP contribution in [0, 0.1) is 0 Å². The van der Waals surface area contributed by atoms with Gasteiger partial charge in [0.2, 0.25) is 5.91 Å². The Morgan fingerprint density at radius 2 is 1.61 bits per heavy atom. The highest BCUT2D eigenvalue weighted by molar-refractivity contribution is 8.00. The zero-order valence-electron chi connectivity index (χ0n) is 18.4. The van der Waals surface area contributed by atoms with Crippen LogP contribution < -0.4 is 16.6 Å². The molecule has 0 saturated heterocycles. The van der Waals surface area contributed by atoms with Gasteiger partial charge in [0.15, 0.2) is 5.65 Å². The molecule has 0 bridgehead atoms. The number of rotatable bonds is 5. The van der Waals surface area contributed by atoms with E-state index >= 15 is 0 Å². The van der Waals surface area contributed by atoms with E-state index in [2.05, 4.69) is 10.3 Å². The molecule has 2 heterocycles. The second-order valence-electron chi connectivity index (χ2n) is 8.82. The quantitative estimate of drug-likeness (QED) is 0.561. The molecule has 8 nitrogen and oxygen atoms in total. The third kappa shape index (κ3) is 4.71. The maximum absolute atomic E-state index is 12.9. The fraction of sp³-hybridized carbons (Fsp3) is 0.682. The molecule has 4 rings (SSSR count). The number of aryl methyl sites for hydroxylation is 1. The highest BCUT2D eigenvalue weighted by Gasteiger charge is 2.24. The molecular formula is C22H31N5O3S. The van der Waals surface area contributed by atoms with Gasteiger partial charge in [-0.2, -0.15) is 0 Å². The molecule has 0 atom stereocenters. The van der Waals surface area contributed by atoms with Gasteiger partial charge in [0.25, 0.3) is 5.56 Å². The minimum Gasteiger partial charge on any atom is -0.353 e. The van der Waals surface area contributed by atoms with Gasteiger partial charge in [-0.3, -0.25) is 18.7 Å². The molecule has 0 unspecified atom stereocenters. The highest BCUT2D eigenvalue weighted by Crippen LogP contribution is 2.33. The van der Waals surface area contributed by atoms with E-state index in [1.54, 1.807) is 7.05 Å². The van der Waals surface area contributed by atoms with E-state index in [0.717, 1.165) is 55.9 Å². The van der Waals surface area contributed by atoms with Crippen molar-refractivity contribution >= 4 is 28.7 Å². The van der Waals surface area contributed by atoms with Crippen molar-refractivity contribution in [3.8, 4) is 0 Å². The van der Waals surface area contributed by atoms with Crippen LogP contribution in [0.25, 0.3) is 11.0 Å². The van der Waals surface area contributed by atoms with Crippen molar-refractivity contribution in [2.75, 3.05) is 5.75 Å². The van der Waals surface area contributed by atoms with Gasteiger partial charge < -0.3 is 5.32 Å². The second-order valence-corrected chi connectivity index (χ2v) is 9.78. The van der Waals surface area contributed by atoms with E-state index in [1.165, 1.54) is 36.2 Å². The molecule has 1 amide bonds. The largest absolute Gasteiger partial charge is 0.353 e.